The van der Waals surface area contributed by atoms with E-state index in [9.17, 15) is 4.79 Å². The zero-order valence-corrected chi connectivity index (χ0v) is 19.0. The minimum atomic E-state index is -0.123. The Balaban J connectivity index is 1.09. The summed E-state index contributed by atoms with van der Waals surface area (Å²) in [7, 11) is 0. The molecule has 1 amide bonds. The van der Waals surface area contributed by atoms with Gasteiger partial charge in [0.1, 0.15) is 18.2 Å². The number of rotatable bonds is 8. The number of carbonyl (C=O) groups is 1. The Labute approximate surface area is 199 Å². The monoisotopic (exact) mass is 460 g/mol. The maximum atomic E-state index is 12.6. The molecule has 3 heterocycles. The number of hydrogen-bond acceptors (Lipinski definition) is 7. The van der Waals surface area contributed by atoms with Crippen molar-refractivity contribution in [2.24, 2.45) is 0 Å². The zero-order chi connectivity index (χ0) is 23.2. The molecule has 0 spiro atoms. The van der Waals surface area contributed by atoms with E-state index in [1.165, 1.54) is 5.56 Å². The van der Waals surface area contributed by atoms with E-state index in [2.05, 4.69) is 32.2 Å². The molecule has 2 aromatic carbocycles. The van der Waals surface area contributed by atoms with Crippen LogP contribution in [0.25, 0.3) is 0 Å². The van der Waals surface area contributed by atoms with Gasteiger partial charge in [-0.25, -0.2) is 4.98 Å². The minimum absolute atomic E-state index is 0.123. The van der Waals surface area contributed by atoms with Crippen LogP contribution in [0.15, 0.2) is 66.9 Å². The van der Waals surface area contributed by atoms with Crippen molar-refractivity contribution in [3.05, 3.63) is 78.0 Å². The van der Waals surface area contributed by atoms with Gasteiger partial charge in [0.2, 0.25) is 6.79 Å². The Bertz CT molecular complexity index is 1120. The van der Waals surface area contributed by atoms with Crippen LogP contribution in [0.3, 0.4) is 0 Å². The zero-order valence-electron chi connectivity index (χ0n) is 19.0. The highest BCUT2D eigenvalue weighted by Gasteiger charge is 2.20. The summed E-state index contributed by atoms with van der Waals surface area (Å²) in [5.74, 6) is 3.13. The van der Waals surface area contributed by atoms with Gasteiger partial charge in [0.25, 0.3) is 5.91 Å². The maximum Gasteiger partial charge on any atom is 0.251 e. The summed E-state index contributed by atoms with van der Waals surface area (Å²) in [5.41, 5.74) is 1.82. The molecule has 1 aromatic heterocycles. The molecule has 1 saturated heterocycles. The van der Waals surface area contributed by atoms with Crippen LogP contribution in [-0.4, -0.2) is 61.9 Å². The van der Waals surface area contributed by atoms with Crippen molar-refractivity contribution in [1.82, 2.24) is 15.2 Å². The number of benzene rings is 2. The van der Waals surface area contributed by atoms with Gasteiger partial charge < -0.3 is 24.4 Å². The Kier molecular flexibility index (Phi) is 6.76. The second-order valence-corrected chi connectivity index (χ2v) is 8.27. The molecular formula is C26H28N4O4. The number of piperazine rings is 1. The maximum absolute atomic E-state index is 12.6. The summed E-state index contributed by atoms with van der Waals surface area (Å²) >= 11 is 0. The largest absolute Gasteiger partial charge is 0.492 e. The lowest BCUT2D eigenvalue weighted by Crippen LogP contribution is -2.46. The van der Waals surface area contributed by atoms with E-state index >= 15 is 0 Å². The van der Waals surface area contributed by atoms with Gasteiger partial charge >= 0.3 is 0 Å². The van der Waals surface area contributed by atoms with Crippen LogP contribution in [-0.2, 0) is 6.54 Å². The summed E-state index contributed by atoms with van der Waals surface area (Å²) in [6.45, 7) is 5.56. The third-order valence-corrected chi connectivity index (χ3v) is 5.95. The molecule has 0 bridgehead atoms. The second-order valence-electron chi connectivity index (χ2n) is 8.27. The molecule has 0 unspecified atom stereocenters. The first-order valence-electron chi connectivity index (χ1n) is 11.5. The number of fused-ring (bicyclic) bond motifs is 1. The van der Waals surface area contributed by atoms with E-state index in [0.29, 0.717) is 25.5 Å². The van der Waals surface area contributed by atoms with E-state index in [1.807, 2.05) is 42.5 Å². The average molecular weight is 461 g/mol. The van der Waals surface area contributed by atoms with Crippen molar-refractivity contribution < 1.29 is 19.0 Å². The number of ether oxygens (including phenoxy) is 3. The molecule has 3 aromatic rings. The average Bonchev–Trinajstić information content (AvgIpc) is 3.36. The van der Waals surface area contributed by atoms with Crippen LogP contribution in [0, 0.1) is 0 Å². The van der Waals surface area contributed by atoms with Gasteiger partial charge in [0.15, 0.2) is 11.5 Å². The predicted octanol–water partition coefficient (Wildman–Crippen LogP) is 2.94. The first-order valence-corrected chi connectivity index (χ1v) is 11.5. The molecule has 176 valence electrons. The molecule has 0 saturated carbocycles. The normalized spacial score (nSPS) is 15.2. The number of amides is 1. The van der Waals surface area contributed by atoms with Crippen LogP contribution in [0.5, 0.6) is 17.2 Å². The van der Waals surface area contributed by atoms with Crippen molar-refractivity contribution in [1.29, 1.82) is 0 Å². The lowest BCUT2D eigenvalue weighted by Gasteiger charge is -2.35. The van der Waals surface area contributed by atoms with E-state index in [1.54, 1.807) is 12.3 Å². The van der Waals surface area contributed by atoms with Gasteiger partial charge in [-0.05, 0) is 42.0 Å². The number of aromatic nitrogens is 1. The molecule has 2 aliphatic heterocycles. The molecular weight excluding hydrogens is 432 g/mol. The summed E-state index contributed by atoms with van der Waals surface area (Å²) in [6, 6.07) is 19.3. The molecule has 1 fully saturated rings. The van der Waals surface area contributed by atoms with Crippen LogP contribution < -0.4 is 24.4 Å². The summed E-state index contributed by atoms with van der Waals surface area (Å²) < 4.78 is 16.5. The highest BCUT2D eigenvalue weighted by atomic mass is 16.7. The van der Waals surface area contributed by atoms with Crippen LogP contribution in [0.1, 0.15) is 15.9 Å². The SMILES string of the molecule is O=C(NCCOc1ccccc1)c1ccnc(N2CCN(Cc3ccc4c(c3)OCO4)CC2)c1. The third-order valence-electron chi connectivity index (χ3n) is 5.95. The topological polar surface area (TPSA) is 76.2 Å². The number of nitrogens with one attached hydrogen (secondary N) is 1. The number of nitrogens with zero attached hydrogens (tertiary/aromatic N) is 3. The van der Waals surface area contributed by atoms with Gasteiger partial charge in [0.05, 0.1) is 6.54 Å². The van der Waals surface area contributed by atoms with Crippen molar-refractivity contribution in [2.75, 3.05) is 51.0 Å². The van der Waals surface area contributed by atoms with Crippen molar-refractivity contribution >= 4 is 11.7 Å². The Morgan fingerprint density at radius 2 is 1.79 bits per heavy atom. The van der Waals surface area contributed by atoms with Gasteiger partial charge in [0, 0.05) is 44.5 Å². The summed E-state index contributed by atoms with van der Waals surface area (Å²) in [5, 5.41) is 2.91. The number of carbonyl (C=O) groups excluding carboxylic acids is 1. The highest BCUT2D eigenvalue weighted by Crippen LogP contribution is 2.33. The highest BCUT2D eigenvalue weighted by molar-refractivity contribution is 5.94. The van der Waals surface area contributed by atoms with Crippen molar-refractivity contribution in [3.8, 4) is 17.2 Å². The Morgan fingerprint density at radius 3 is 2.65 bits per heavy atom. The third kappa shape index (κ3) is 5.40. The van der Waals surface area contributed by atoms with Crippen molar-refractivity contribution in [2.45, 2.75) is 6.54 Å². The Morgan fingerprint density at radius 1 is 0.971 bits per heavy atom. The number of pyridine rings is 1. The number of anilines is 1. The van der Waals surface area contributed by atoms with Gasteiger partial charge in [-0.1, -0.05) is 24.3 Å². The first kappa shape index (κ1) is 22.0. The Hall–Kier alpha value is -3.78. The number of para-hydroxylation sites is 1. The summed E-state index contributed by atoms with van der Waals surface area (Å²) in [4.78, 5) is 21.7. The molecule has 5 rings (SSSR count). The van der Waals surface area contributed by atoms with E-state index < -0.39 is 0 Å². The lowest BCUT2D eigenvalue weighted by atomic mass is 10.1. The molecule has 8 nitrogen and oxygen atoms in total. The number of hydrogen-bond donors (Lipinski definition) is 1. The quantitative estimate of drug-likeness (QED) is 0.518. The second kappa shape index (κ2) is 10.4. The van der Waals surface area contributed by atoms with Crippen LogP contribution in [0.4, 0.5) is 5.82 Å². The van der Waals surface area contributed by atoms with Crippen LogP contribution in [0.2, 0.25) is 0 Å². The fourth-order valence-corrected chi connectivity index (χ4v) is 4.12. The molecule has 34 heavy (non-hydrogen) atoms. The molecule has 1 N–H and O–H groups in total. The molecule has 2 aliphatic rings. The van der Waals surface area contributed by atoms with E-state index in [-0.39, 0.29) is 5.91 Å². The fraction of sp³-hybridized carbons (Fsp3) is 0.308. The van der Waals surface area contributed by atoms with E-state index in [4.69, 9.17) is 14.2 Å². The standard InChI is InChI=1S/C26H28N4O4/c31-26(28-10-15-32-22-4-2-1-3-5-22)21-8-9-27-25(17-21)30-13-11-29(12-14-30)18-20-6-7-23-24(16-20)34-19-33-23/h1-9,16-17H,10-15,18-19H2,(H,28,31). The van der Waals surface area contributed by atoms with Gasteiger partial charge in [-0.15, -0.1) is 0 Å². The molecule has 8 heteroatoms. The van der Waals surface area contributed by atoms with Gasteiger partial charge in [-0.2, -0.15) is 0 Å². The summed E-state index contributed by atoms with van der Waals surface area (Å²) in [6.07, 6.45) is 1.70. The van der Waals surface area contributed by atoms with Gasteiger partial charge in [-0.3, -0.25) is 9.69 Å². The lowest BCUT2D eigenvalue weighted by molar-refractivity contribution is 0.0947. The predicted molar refractivity (Wildman–Crippen MR) is 129 cm³/mol. The first-order chi connectivity index (χ1) is 16.7. The van der Waals surface area contributed by atoms with E-state index in [0.717, 1.165) is 55.8 Å². The molecule has 0 atom stereocenters. The smallest absolute Gasteiger partial charge is 0.251 e. The molecule has 0 aliphatic carbocycles. The van der Waals surface area contributed by atoms with Crippen LogP contribution >= 0.6 is 0 Å². The van der Waals surface area contributed by atoms with Crippen molar-refractivity contribution in [3.63, 3.8) is 0 Å². The fourth-order valence-electron chi connectivity index (χ4n) is 4.12. The molecule has 0 radical (unpaired) electrons. The minimum Gasteiger partial charge on any atom is -0.492 e.